The predicted octanol–water partition coefficient (Wildman–Crippen LogP) is 2.86. The van der Waals surface area contributed by atoms with Gasteiger partial charge < -0.3 is 25.7 Å². The van der Waals surface area contributed by atoms with E-state index in [4.69, 9.17) is 37.1 Å². The van der Waals surface area contributed by atoms with Gasteiger partial charge in [0, 0.05) is 5.69 Å². The third kappa shape index (κ3) is 6.74. The summed E-state index contributed by atoms with van der Waals surface area (Å²) < 4.78 is 27.8. The molecular formula is C19H18ClN3O7S. The molecule has 0 fully saturated rings. The predicted molar refractivity (Wildman–Crippen MR) is 114 cm³/mol. The molecule has 0 atom stereocenters. The maximum atomic E-state index is 11.3. The number of carbonyl (C=O) groups is 2. The van der Waals surface area contributed by atoms with E-state index in [1.54, 1.807) is 24.3 Å². The topological polar surface area (TPSA) is 186 Å². The Bertz CT molecular complexity index is 1180. The first kappa shape index (κ1) is 23.7. The minimum Gasteiger partial charge on any atom is -0.478 e. The van der Waals surface area contributed by atoms with E-state index in [1.807, 2.05) is 0 Å². The molecule has 0 aliphatic carbocycles. The maximum absolute atomic E-state index is 11.3. The number of nitrogen functional groups attached to an aromatic ring is 1. The van der Waals surface area contributed by atoms with Gasteiger partial charge in [0.2, 0.25) is 10.0 Å². The standard InChI is InChI=1S/C12H11ClN2O5S.C7H7NO2/c13-9-5-10(15-6-7-2-1-3-20-7)8(12(16)17)4-11(9)21(14,18)19;8-6-3-1-5(2-4-6)7(9)10/h1-5,15H,6H2,(H,16,17)(H2,14,18,19);1-4H,8H2,(H,9,10). The zero-order chi connectivity index (χ0) is 23.2. The Morgan fingerprint density at radius 3 is 2.19 bits per heavy atom. The molecular weight excluding hydrogens is 450 g/mol. The first-order chi connectivity index (χ1) is 14.5. The molecule has 0 aliphatic heterocycles. The highest BCUT2D eigenvalue weighted by molar-refractivity contribution is 7.89. The maximum Gasteiger partial charge on any atom is 0.337 e. The van der Waals surface area contributed by atoms with Crippen molar-refractivity contribution in [2.75, 3.05) is 11.1 Å². The number of carboxylic acid groups (broad SMARTS) is 2. The number of sulfonamides is 1. The van der Waals surface area contributed by atoms with E-state index < -0.39 is 26.9 Å². The van der Waals surface area contributed by atoms with Gasteiger partial charge in [0.05, 0.1) is 34.6 Å². The molecule has 0 radical (unpaired) electrons. The van der Waals surface area contributed by atoms with Crippen LogP contribution in [-0.2, 0) is 16.6 Å². The van der Waals surface area contributed by atoms with Crippen LogP contribution in [0.5, 0.6) is 0 Å². The van der Waals surface area contributed by atoms with Crippen molar-refractivity contribution in [2.45, 2.75) is 11.4 Å². The number of primary sulfonamides is 1. The van der Waals surface area contributed by atoms with E-state index in [2.05, 4.69) is 5.32 Å². The molecule has 2 aromatic carbocycles. The quantitative estimate of drug-likeness (QED) is 0.339. The molecule has 12 heteroatoms. The van der Waals surface area contributed by atoms with Crippen LogP contribution in [0.2, 0.25) is 5.02 Å². The van der Waals surface area contributed by atoms with Gasteiger partial charge in [-0.25, -0.2) is 23.1 Å². The number of hydrogen-bond acceptors (Lipinski definition) is 7. The van der Waals surface area contributed by atoms with Gasteiger partial charge in [-0.2, -0.15) is 0 Å². The SMILES string of the molecule is NS(=O)(=O)c1cc(C(=O)O)c(NCc2ccco2)cc1Cl.Nc1ccc(C(=O)O)cc1. The van der Waals surface area contributed by atoms with E-state index >= 15 is 0 Å². The van der Waals surface area contributed by atoms with Crippen LogP contribution in [0, 0.1) is 0 Å². The molecule has 3 aromatic rings. The summed E-state index contributed by atoms with van der Waals surface area (Å²) >= 11 is 5.84. The second-order valence-corrected chi connectivity index (χ2v) is 7.98. The van der Waals surface area contributed by atoms with Gasteiger partial charge in [-0.15, -0.1) is 0 Å². The highest BCUT2D eigenvalue weighted by atomic mass is 35.5. The fourth-order valence-corrected chi connectivity index (χ4v) is 3.41. The van der Waals surface area contributed by atoms with Crippen LogP contribution in [0.15, 0.2) is 64.1 Å². The third-order valence-corrected chi connectivity index (χ3v) is 5.18. The number of carboxylic acids is 2. The Morgan fingerprint density at radius 2 is 1.71 bits per heavy atom. The molecule has 3 rings (SSSR count). The summed E-state index contributed by atoms with van der Waals surface area (Å²) in [6.45, 7) is 0.221. The summed E-state index contributed by atoms with van der Waals surface area (Å²) in [6.07, 6.45) is 1.48. The van der Waals surface area contributed by atoms with Crippen molar-refractivity contribution in [1.82, 2.24) is 0 Å². The number of aromatic carboxylic acids is 2. The van der Waals surface area contributed by atoms with Crippen molar-refractivity contribution >= 4 is 44.9 Å². The van der Waals surface area contributed by atoms with Gasteiger partial charge in [-0.05, 0) is 48.5 Å². The van der Waals surface area contributed by atoms with E-state index in [9.17, 15) is 18.0 Å². The molecule has 0 saturated heterocycles. The van der Waals surface area contributed by atoms with Crippen LogP contribution in [0.3, 0.4) is 0 Å². The second-order valence-electron chi connectivity index (χ2n) is 6.04. The highest BCUT2D eigenvalue weighted by Gasteiger charge is 2.20. The fraction of sp³-hybridized carbons (Fsp3) is 0.0526. The largest absolute Gasteiger partial charge is 0.478 e. The van der Waals surface area contributed by atoms with Crippen LogP contribution in [0.1, 0.15) is 26.5 Å². The zero-order valence-electron chi connectivity index (χ0n) is 15.8. The number of rotatable bonds is 6. The lowest BCUT2D eigenvalue weighted by Gasteiger charge is -2.11. The molecule has 0 unspecified atom stereocenters. The molecule has 0 amide bonds. The summed E-state index contributed by atoms with van der Waals surface area (Å²) in [5.41, 5.74) is 6.08. The van der Waals surface area contributed by atoms with Gasteiger partial charge in [-0.3, -0.25) is 0 Å². The highest BCUT2D eigenvalue weighted by Crippen LogP contribution is 2.28. The molecule has 1 heterocycles. The summed E-state index contributed by atoms with van der Waals surface area (Å²) in [5.74, 6) is -1.66. The summed E-state index contributed by atoms with van der Waals surface area (Å²) in [4.78, 5) is 21.1. The van der Waals surface area contributed by atoms with Crippen molar-refractivity contribution in [3.05, 3.63) is 76.7 Å². The van der Waals surface area contributed by atoms with Crippen LogP contribution in [0.4, 0.5) is 11.4 Å². The van der Waals surface area contributed by atoms with Crippen molar-refractivity contribution < 1.29 is 32.6 Å². The van der Waals surface area contributed by atoms with Gasteiger partial charge in [0.1, 0.15) is 10.7 Å². The molecule has 7 N–H and O–H groups in total. The normalized spacial score (nSPS) is 10.6. The summed E-state index contributed by atoms with van der Waals surface area (Å²) in [6, 6.07) is 11.6. The monoisotopic (exact) mass is 467 g/mol. The second kappa shape index (κ2) is 9.98. The van der Waals surface area contributed by atoms with Crippen LogP contribution in [-0.4, -0.2) is 30.6 Å². The molecule has 0 aliphatic rings. The first-order valence-electron chi connectivity index (χ1n) is 8.43. The first-order valence-corrected chi connectivity index (χ1v) is 10.4. The molecule has 1 aromatic heterocycles. The Morgan fingerprint density at radius 1 is 1.06 bits per heavy atom. The lowest BCUT2D eigenvalue weighted by atomic mass is 10.1. The van der Waals surface area contributed by atoms with Crippen LogP contribution >= 0.6 is 11.6 Å². The van der Waals surface area contributed by atoms with Gasteiger partial charge in [0.25, 0.3) is 0 Å². The lowest BCUT2D eigenvalue weighted by Crippen LogP contribution is -2.15. The molecule has 0 bridgehead atoms. The Kier molecular flexibility index (Phi) is 7.64. The van der Waals surface area contributed by atoms with Crippen LogP contribution in [0.25, 0.3) is 0 Å². The molecule has 31 heavy (non-hydrogen) atoms. The lowest BCUT2D eigenvalue weighted by molar-refractivity contribution is 0.0686. The minimum absolute atomic E-state index is 0.163. The molecule has 164 valence electrons. The molecule has 0 spiro atoms. The van der Waals surface area contributed by atoms with E-state index in [0.717, 1.165) is 6.07 Å². The smallest absolute Gasteiger partial charge is 0.337 e. The van der Waals surface area contributed by atoms with Crippen LogP contribution < -0.4 is 16.2 Å². The van der Waals surface area contributed by atoms with Crippen molar-refractivity contribution in [2.24, 2.45) is 5.14 Å². The number of halogens is 1. The average Bonchev–Trinajstić information content (AvgIpc) is 3.19. The van der Waals surface area contributed by atoms with Crippen molar-refractivity contribution in [1.29, 1.82) is 0 Å². The Balaban J connectivity index is 0.000000285. The van der Waals surface area contributed by atoms with Crippen molar-refractivity contribution in [3.8, 4) is 0 Å². The number of nitrogens with one attached hydrogen (secondary N) is 1. The van der Waals surface area contributed by atoms with Crippen molar-refractivity contribution in [3.63, 3.8) is 0 Å². The third-order valence-electron chi connectivity index (χ3n) is 3.80. The minimum atomic E-state index is -4.11. The Hall–Kier alpha value is -3.54. The van der Waals surface area contributed by atoms with Gasteiger partial charge in [-0.1, -0.05) is 11.6 Å². The molecule has 0 saturated carbocycles. The Labute approximate surface area is 182 Å². The summed E-state index contributed by atoms with van der Waals surface area (Å²) in [7, 11) is -4.11. The number of hydrogen-bond donors (Lipinski definition) is 5. The number of furan rings is 1. The van der Waals surface area contributed by atoms with Gasteiger partial charge >= 0.3 is 11.9 Å². The number of benzene rings is 2. The van der Waals surface area contributed by atoms with Gasteiger partial charge in [0.15, 0.2) is 0 Å². The fourth-order valence-electron chi connectivity index (χ4n) is 2.32. The van der Waals surface area contributed by atoms with E-state index in [1.165, 1.54) is 24.5 Å². The zero-order valence-corrected chi connectivity index (χ0v) is 17.4. The number of anilines is 2. The average molecular weight is 468 g/mol. The number of nitrogens with two attached hydrogens (primary N) is 2. The molecule has 10 nitrogen and oxygen atoms in total. The van der Waals surface area contributed by atoms with E-state index in [0.29, 0.717) is 11.4 Å². The van der Waals surface area contributed by atoms with E-state index in [-0.39, 0.29) is 28.4 Å². The summed E-state index contributed by atoms with van der Waals surface area (Å²) in [5, 5.41) is 25.2.